The van der Waals surface area contributed by atoms with Gasteiger partial charge in [0.15, 0.2) is 0 Å². The van der Waals surface area contributed by atoms with Crippen LogP contribution in [0.1, 0.15) is 45.6 Å². The van der Waals surface area contributed by atoms with Crippen LogP contribution in [-0.4, -0.2) is 48.1 Å². The lowest BCUT2D eigenvalue weighted by Crippen LogP contribution is -2.53. The Labute approximate surface area is 174 Å². The van der Waals surface area contributed by atoms with E-state index >= 15 is 0 Å². The quantitative estimate of drug-likeness (QED) is 0.504. The minimum absolute atomic E-state index is 0.0466. The smallest absolute Gasteiger partial charge is 0.362 e. The number of urea groups is 1. The number of rotatable bonds is 7. The molecule has 1 heterocycles. The lowest BCUT2D eigenvalue weighted by atomic mass is 10.0. The molecule has 168 valence electrons. The molecule has 10 heteroatoms. The fraction of sp³-hybridized carbons (Fsp3) is 0.650. The van der Waals surface area contributed by atoms with Gasteiger partial charge in [-0.25, -0.2) is 4.79 Å². The summed E-state index contributed by atoms with van der Waals surface area (Å²) in [5.74, 6) is 0.621. The zero-order valence-corrected chi connectivity index (χ0v) is 17.5. The summed E-state index contributed by atoms with van der Waals surface area (Å²) >= 11 is 0. The van der Waals surface area contributed by atoms with Crippen molar-refractivity contribution in [1.29, 1.82) is 0 Å². The first-order valence-corrected chi connectivity index (χ1v) is 10.1. The van der Waals surface area contributed by atoms with E-state index in [0.717, 1.165) is 31.4 Å². The summed E-state index contributed by atoms with van der Waals surface area (Å²) in [6.07, 6.45) is -1.62. The summed E-state index contributed by atoms with van der Waals surface area (Å²) in [5, 5.41) is 14.3. The predicted molar refractivity (Wildman–Crippen MR) is 109 cm³/mol. The van der Waals surface area contributed by atoms with E-state index in [9.17, 15) is 28.1 Å². The van der Waals surface area contributed by atoms with Crippen molar-refractivity contribution < 1.29 is 22.9 Å². The van der Waals surface area contributed by atoms with Crippen LogP contribution in [0, 0.1) is 16.0 Å². The van der Waals surface area contributed by atoms with E-state index in [0.29, 0.717) is 38.2 Å². The van der Waals surface area contributed by atoms with Crippen molar-refractivity contribution >= 4 is 17.4 Å². The molecule has 0 bridgehead atoms. The third kappa shape index (κ3) is 6.50. The molecule has 2 amide bonds. The Kier molecular flexibility index (Phi) is 7.91. The van der Waals surface area contributed by atoms with E-state index in [2.05, 4.69) is 19.2 Å². The maximum atomic E-state index is 12.9. The van der Waals surface area contributed by atoms with E-state index in [-0.39, 0.29) is 17.8 Å². The van der Waals surface area contributed by atoms with Gasteiger partial charge in [-0.05, 0) is 31.4 Å². The van der Waals surface area contributed by atoms with Crippen molar-refractivity contribution in [2.24, 2.45) is 5.92 Å². The molecule has 7 nitrogen and oxygen atoms in total. The predicted octanol–water partition coefficient (Wildman–Crippen LogP) is 4.66. The van der Waals surface area contributed by atoms with Crippen LogP contribution in [0.15, 0.2) is 18.2 Å². The van der Waals surface area contributed by atoms with Gasteiger partial charge >= 0.3 is 12.2 Å². The topological polar surface area (TPSA) is 78.7 Å². The number of piperazine rings is 1. The second-order valence-electron chi connectivity index (χ2n) is 8.11. The van der Waals surface area contributed by atoms with E-state index in [1.54, 1.807) is 9.80 Å². The van der Waals surface area contributed by atoms with Crippen molar-refractivity contribution in [1.82, 2.24) is 10.2 Å². The largest absolute Gasteiger partial charge is 0.416 e. The number of halogens is 3. The first-order chi connectivity index (χ1) is 14.0. The molecular formula is C20H29F3N4O3. The van der Waals surface area contributed by atoms with Gasteiger partial charge in [0, 0.05) is 38.3 Å². The van der Waals surface area contributed by atoms with Crippen molar-refractivity contribution in [2.75, 3.05) is 31.1 Å². The fourth-order valence-corrected chi connectivity index (χ4v) is 3.47. The van der Waals surface area contributed by atoms with E-state index in [4.69, 9.17) is 0 Å². The minimum Gasteiger partial charge on any atom is -0.362 e. The Morgan fingerprint density at radius 1 is 1.17 bits per heavy atom. The maximum Gasteiger partial charge on any atom is 0.416 e. The third-order valence-corrected chi connectivity index (χ3v) is 5.20. The van der Waals surface area contributed by atoms with E-state index in [1.807, 2.05) is 6.92 Å². The number of benzene rings is 1. The highest BCUT2D eigenvalue weighted by molar-refractivity contribution is 5.75. The average molecular weight is 430 g/mol. The van der Waals surface area contributed by atoms with Crippen molar-refractivity contribution in [3.8, 4) is 0 Å². The highest BCUT2D eigenvalue weighted by Gasteiger charge is 2.34. The van der Waals surface area contributed by atoms with E-state index in [1.165, 1.54) is 0 Å². The minimum atomic E-state index is -4.65. The molecule has 30 heavy (non-hydrogen) atoms. The number of nitro groups is 1. The van der Waals surface area contributed by atoms with Crippen LogP contribution in [0.5, 0.6) is 0 Å². The number of hydrogen-bond acceptors (Lipinski definition) is 4. The number of hydrogen-bond donors (Lipinski definition) is 1. The van der Waals surface area contributed by atoms with E-state index < -0.39 is 22.4 Å². The second-order valence-corrected chi connectivity index (χ2v) is 8.11. The summed E-state index contributed by atoms with van der Waals surface area (Å²) in [7, 11) is 0. The van der Waals surface area contributed by atoms with Crippen LogP contribution in [0.25, 0.3) is 0 Å². The summed E-state index contributed by atoms with van der Waals surface area (Å²) in [4.78, 5) is 26.2. The monoisotopic (exact) mass is 430 g/mol. The average Bonchev–Trinajstić information content (AvgIpc) is 2.66. The van der Waals surface area contributed by atoms with Gasteiger partial charge in [-0.2, -0.15) is 13.2 Å². The molecule has 0 radical (unpaired) electrons. The molecule has 1 aromatic carbocycles. The number of amides is 2. The number of alkyl halides is 3. The molecule has 0 saturated carbocycles. The van der Waals surface area contributed by atoms with Crippen molar-refractivity contribution in [2.45, 2.75) is 52.3 Å². The molecule has 1 aromatic rings. The highest BCUT2D eigenvalue weighted by atomic mass is 19.4. The first-order valence-electron chi connectivity index (χ1n) is 10.1. The van der Waals surface area contributed by atoms with Gasteiger partial charge in [0.2, 0.25) is 0 Å². The molecule has 1 atom stereocenters. The summed E-state index contributed by atoms with van der Waals surface area (Å²) in [6, 6.07) is 2.40. The summed E-state index contributed by atoms with van der Waals surface area (Å²) in [5.41, 5.74) is -1.50. The van der Waals surface area contributed by atoms with Gasteiger partial charge < -0.3 is 15.1 Å². The Morgan fingerprint density at radius 3 is 2.33 bits per heavy atom. The molecule has 2 rings (SSSR count). The number of anilines is 1. The SMILES string of the molecule is CC(C)CCCC(C)NC(=O)N1CCN(c2ccc(C(F)(F)F)cc2[N+](=O)[O-])CC1. The molecule has 0 aliphatic carbocycles. The van der Waals surface area contributed by atoms with Crippen LogP contribution in [0.4, 0.5) is 29.3 Å². The Bertz CT molecular complexity index is 747. The maximum absolute atomic E-state index is 12.9. The van der Waals surface area contributed by atoms with Gasteiger partial charge in [0.05, 0.1) is 10.5 Å². The lowest BCUT2D eigenvalue weighted by molar-refractivity contribution is -0.384. The van der Waals surface area contributed by atoms with Gasteiger partial charge in [-0.3, -0.25) is 10.1 Å². The van der Waals surface area contributed by atoms with Crippen molar-refractivity contribution in [3.63, 3.8) is 0 Å². The number of carbonyl (C=O) groups excluding carboxylic acids is 1. The van der Waals surface area contributed by atoms with Crippen LogP contribution in [0.2, 0.25) is 0 Å². The number of nitrogens with zero attached hydrogens (tertiary/aromatic N) is 3. The molecule has 1 N–H and O–H groups in total. The first kappa shape index (κ1) is 23.8. The number of nitrogens with one attached hydrogen (secondary N) is 1. The zero-order chi connectivity index (χ0) is 22.5. The summed E-state index contributed by atoms with van der Waals surface area (Å²) in [6.45, 7) is 7.56. The third-order valence-electron chi connectivity index (χ3n) is 5.20. The lowest BCUT2D eigenvalue weighted by Gasteiger charge is -2.36. The van der Waals surface area contributed by atoms with Gasteiger partial charge in [-0.15, -0.1) is 0 Å². The number of nitro benzene ring substituents is 1. The van der Waals surface area contributed by atoms with Gasteiger partial charge in [0.25, 0.3) is 5.69 Å². The van der Waals surface area contributed by atoms with Crippen LogP contribution in [-0.2, 0) is 6.18 Å². The zero-order valence-electron chi connectivity index (χ0n) is 17.5. The van der Waals surface area contributed by atoms with Gasteiger partial charge in [0.1, 0.15) is 5.69 Å². The molecule has 1 aliphatic heterocycles. The fourth-order valence-electron chi connectivity index (χ4n) is 3.47. The standard InChI is InChI=1S/C20H29F3N4O3/c1-14(2)5-4-6-15(3)24-19(28)26-11-9-25(10-12-26)17-8-7-16(20(21,22)23)13-18(17)27(29)30/h7-8,13-15H,4-6,9-12H2,1-3H3,(H,24,28). The molecule has 1 unspecified atom stereocenters. The van der Waals surface area contributed by atoms with Gasteiger partial charge in [-0.1, -0.05) is 26.7 Å². The van der Waals surface area contributed by atoms with Crippen LogP contribution >= 0.6 is 0 Å². The highest BCUT2D eigenvalue weighted by Crippen LogP contribution is 2.36. The van der Waals surface area contributed by atoms with Crippen molar-refractivity contribution in [3.05, 3.63) is 33.9 Å². The van der Waals surface area contributed by atoms with Crippen LogP contribution in [0.3, 0.4) is 0 Å². The Balaban J connectivity index is 1.95. The number of carbonyl (C=O) groups is 1. The molecular weight excluding hydrogens is 401 g/mol. The molecule has 1 fully saturated rings. The normalized spacial score (nSPS) is 16.0. The molecule has 1 saturated heterocycles. The molecule has 0 aromatic heterocycles. The summed E-state index contributed by atoms with van der Waals surface area (Å²) < 4.78 is 38.6. The Morgan fingerprint density at radius 2 is 1.80 bits per heavy atom. The van der Waals surface area contributed by atoms with Crippen LogP contribution < -0.4 is 10.2 Å². The Hall–Kier alpha value is -2.52. The molecule has 1 aliphatic rings. The second kappa shape index (κ2) is 9.99. The molecule has 0 spiro atoms.